The topological polar surface area (TPSA) is 35.2 Å². The van der Waals surface area contributed by atoms with Crippen LogP contribution >= 0.6 is 15.9 Å². The summed E-state index contributed by atoms with van der Waals surface area (Å²) < 4.78 is 18.7. The largest absolute Gasteiger partial charge is 0.383 e. The Balaban J connectivity index is 2.85. The van der Waals surface area contributed by atoms with Crippen molar-refractivity contribution < 1.29 is 9.13 Å². The zero-order chi connectivity index (χ0) is 11.5. The minimum absolute atomic E-state index is 0.263. The molecule has 0 heterocycles. The standard InChI is InChI=1S/C11H15BrFNO/c1-11(14,7-15-2)6-8-4-3-5-9(13)10(8)12/h3-5H,6-7,14H2,1-2H3. The second-order valence-corrected chi connectivity index (χ2v) is 4.77. The van der Waals surface area contributed by atoms with E-state index in [1.807, 2.05) is 13.0 Å². The number of halogens is 2. The molecule has 0 aliphatic carbocycles. The summed E-state index contributed by atoms with van der Waals surface area (Å²) in [5, 5.41) is 0. The van der Waals surface area contributed by atoms with Gasteiger partial charge in [-0.15, -0.1) is 0 Å². The first-order valence-electron chi connectivity index (χ1n) is 4.67. The Morgan fingerprint density at radius 3 is 2.80 bits per heavy atom. The van der Waals surface area contributed by atoms with Crippen molar-refractivity contribution in [2.75, 3.05) is 13.7 Å². The van der Waals surface area contributed by atoms with Crippen molar-refractivity contribution in [2.24, 2.45) is 5.73 Å². The van der Waals surface area contributed by atoms with Crippen molar-refractivity contribution in [3.05, 3.63) is 34.1 Å². The van der Waals surface area contributed by atoms with E-state index in [-0.39, 0.29) is 5.82 Å². The van der Waals surface area contributed by atoms with E-state index in [1.54, 1.807) is 13.2 Å². The van der Waals surface area contributed by atoms with Crippen LogP contribution in [0.25, 0.3) is 0 Å². The second kappa shape index (κ2) is 5.05. The Hall–Kier alpha value is -0.450. The molecular weight excluding hydrogens is 261 g/mol. The SMILES string of the molecule is COCC(C)(N)Cc1cccc(F)c1Br. The van der Waals surface area contributed by atoms with E-state index in [1.165, 1.54) is 6.07 Å². The number of methoxy groups -OCH3 is 1. The van der Waals surface area contributed by atoms with Gasteiger partial charge in [0.15, 0.2) is 0 Å². The predicted molar refractivity (Wildman–Crippen MR) is 62.3 cm³/mol. The lowest BCUT2D eigenvalue weighted by Gasteiger charge is -2.24. The zero-order valence-electron chi connectivity index (χ0n) is 8.89. The molecule has 0 saturated heterocycles. The van der Waals surface area contributed by atoms with Crippen LogP contribution in [0.5, 0.6) is 0 Å². The van der Waals surface area contributed by atoms with E-state index in [4.69, 9.17) is 10.5 Å². The molecule has 1 rings (SSSR count). The van der Waals surface area contributed by atoms with Gasteiger partial charge in [0.05, 0.1) is 11.1 Å². The maximum Gasteiger partial charge on any atom is 0.137 e. The highest BCUT2D eigenvalue weighted by molar-refractivity contribution is 9.10. The first-order chi connectivity index (χ1) is 6.96. The molecule has 0 bridgehead atoms. The van der Waals surface area contributed by atoms with Crippen LogP contribution in [0.3, 0.4) is 0 Å². The van der Waals surface area contributed by atoms with Crippen LogP contribution in [0.15, 0.2) is 22.7 Å². The Labute approximate surface area is 97.7 Å². The van der Waals surface area contributed by atoms with Crippen molar-refractivity contribution in [1.29, 1.82) is 0 Å². The molecule has 2 N–H and O–H groups in total. The highest BCUT2D eigenvalue weighted by Gasteiger charge is 2.20. The summed E-state index contributed by atoms with van der Waals surface area (Å²) >= 11 is 3.21. The number of nitrogens with two attached hydrogens (primary N) is 1. The normalized spacial score (nSPS) is 15.0. The fourth-order valence-electron chi connectivity index (χ4n) is 1.50. The Morgan fingerprint density at radius 1 is 1.53 bits per heavy atom. The van der Waals surface area contributed by atoms with Gasteiger partial charge in [0, 0.05) is 12.6 Å². The lowest BCUT2D eigenvalue weighted by molar-refractivity contribution is 0.141. The van der Waals surface area contributed by atoms with Crippen molar-refractivity contribution in [3.63, 3.8) is 0 Å². The Kier molecular flexibility index (Phi) is 4.25. The molecule has 0 radical (unpaired) electrons. The van der Waals surface area contributed by atoms with Gasteiger partial charge in [-0.1, -0.05) is 12.1 Å². The molecule has 4 heteroatoms. The summed E-state index contributed by atoms with van der Waals surface area (Å²) in [6.07, 6.45) is 0.569. The summed E-state index contributed by atoms with van der Waals surface area (Å²) in [6, 6.07) is 4.95. The molecule has 1 aromatic rings. The molecule has 2 nitrogen and oxygen atoms in total. The third-order valence-electron chi connectivity index (χ3n) is 2.10. The quantitative estimate of drug-likeness (QED) is 0.917. The van der Waals surface area contributed by atoms with E-state index in [0.29, 0.717) is 17.5 Å². The first-order valence-corrected chi connectivity index (χ1v) is 5.46. The molecule has 1 atom stereocenters. The average molecular weight is 276 g/mol. The van der Waals surface area contributed by atoms with Gasteiger partial charge in [-0.25, -0.2) is 4.39 Å². The lowest BCUT2D eigenvalue weighted by atomic mass is 9.95. The average Bonchev–Trinajstić information content (AvgIpc) is 2.12. The van der Waals surface area contributed by atoms with Crippen LogP contribution in [-0.4, -0.2) is 19.3 Å². The number of hydrogen-bond donors (Lipinski definition) is 1. The van der Waals surface area contributed by atoms with Gasteiger partial charge < -0.3 is 10.5 Å². The zero-order valence-corrected chi connectivity index (χ0v) is 10.5. The molecule has 0 aliphatic heterocycles. The van der Waals surface area contributed by atoms with Crippen molar-refractivity contribution in [2.45, 2.75) is 18.9 Å². The summed E-state index contributed by atoms with van der Waals surface area (Å²) in [7, 11) is 1.60. The fraction of sp³-hybridized carbons (Fsp3) is 0.455. The minimum Gasteiger partial charge on any atom is -0.383 e. The highest BCUT2D eigenvalue weighted by Crippen LogP contribution is 2.23. The molecule has 1 aromatic carbocycles. The van der Waals surface area contributed by atoms with Gasteiger partial charge in [0.1, 0.15) is 5.82 Å². The van der Waals surface area contributed by atoms with Gasteiger partial charge in [-0.3, -0.25) is 0 Å². The number of hydrogen-bond acceptors (Lipinski definition) is 2. The first kappa shape index (κ1) is 12.6. The van der Waals surface area contributed by atoms with Gasteiger partial charge >= 0.3 is 0 Å². The van der Waals surface area contributed by atoms with Gasteiger partial charge in [0.2, 0.25) is 0 Å². The third kappa shape index (κ3) is 3.55. The maximum atomic E-state index is 13.2. The summed E-state index contributed by atoms with van der Waals surface area (Å²) in [5.74, 6) is -0.263. The van der Waals surface area contributed by atoms with E-state index in [0.717, 1.165) is 5.56 Å². The molecule has 0 aromatic heterocycles. The molecule has 0 saturated carbocycles. The van der Waals surface area contributed by atoms with Crippen molar-refractivity contribution in [1.82, 2.24) is 0 Å². The van der Waals surface area contributed by atoms with Crippen LogP contribution in [0.4, 0.5) is 4.39 Å². The Bertz CT molecular complexity index is 341. The van der Waals surface area contributed by atoms with E-state index in [2.05, 4.69) is 15.9 Å². The molecule has 84 valence electrons. The number of ether oxygens (including phenoxy) is 1. The van der Waals surface area contributed by atoms with Crippen LogP contribution < -0.4 is 5.73 Å². The summed E-state index contributed by atoms with van der Waals surface area (Å²) in [6.45, 7) is 2.32. The van der Waals surface area contributed by atoms with E-state index >= 15 is 0 Å². The molecular formula is C11H15BrFNO. The minimum atomic E-state index is -0.481. The van der Waals surface area contributed by atoms with Crippen molar-refractivity contribution >= 4 is 15.9 Å². The second-order valence-electron chi connectivity index (χ2n) is 3.98. The molecule has 0 amide bonds. The Morgan fingerprint density at radius 2 is 2.20 bits per heavy atom. The van der Waals surface area contributed by atoms with E-state index in [9.17, 15) is 4.39 Å². The van der Waals surface area contributed by atoms with Crippen LogP contribution in [-0.2, 0) is 11.2 Å². The smallest absolute Gasteiger partial charge is 0.137 e. The maximum absolute atomic E-state index is 13.2. The molecule has 15 heavy (non-hydrogen) atoms. The fourth-order valence-corrected chi connectivity index (χ4v) is 1.91. The number of benzene rings is 1. The van der Waals surface area contributed by atoms with E-state index < -0.39 is 5.54 Å². The lowest BCUT2D eigenvalue weighted by Crippen LogP contribution is -2.43. The number of rotatable bonds is 4. The molecule has 0 fully saturated rings. The van der Waals surface area contributed by atoms with Gasteiger partial charge in [-0.2, -0.15) is 0 Å². The van der Waals surface area contributed by atoms with Crippen LogP contribution in [0, 0.1) is 5.82 Å². The van der Waals surface area contributed by atoms with Crippen LogP contribution in [0.1, 0.15) is 12.5 Å². The third-order valence-corrected chi connectivity index (χ3v) is 2.99. The predicted octanol–water partition coefficient (Wildman–Crippen LogP) is 2.49. The molecule has 0 spiro atoms. The molecule has 1 unspecified atom stereocenters. The van der Waals surface area contributed by atoms with Crippen LogP contribution in [0.2, 0.25) is 0 Å². The summed E-state index contributed by atoms with van der Waals surface area (Å²) in [4.78, 5) is 0. The molecule has 0 aliphatic rings. The van der Waals surface area contributed by atoms with Gasteiger partial charge in [-0.05, 0) is 40.9 Å². The summed E-state index contributed by atoms with van der Waals surface area (Å²) in [5.41, 5.74) is 6.39. The monoisotopic (exact) mass is 275 g/mol. The van der Waals surface area contributed by atoms with Gasteiger partial charge in [0.25, 0.3) is 0 Å². The van der Waals surface area contributed by atoms with Crippen molar-refractivity contribution in [3.8, 4) is 0 Å². The highest BCUT2D eigenvalue weighted by atomic mass is 79.9.